The van der Waals surface area contributed by atoms with Gasteiger partial charge >= 0.3 is 5.97 Å². The Balaban J connectivity index is 2.74. The van der Waals surface area contributed by atoms with E-state index in [2.05, 4.69) is 0 Å². The predicted molar refractivity (Wildman–Crippen MR) is 68.5 cm³/mol. The predicted octanol–water partition coefficient (Wildman–Crippen LogP) is 2.29. The molecule has 1 aliphatic rings. The number of carbonyl (C=O) groups is 2. The Bertz CT molecular complexity index is 548. The highest BCUT2D eigenvalue weighted by molar-refractivity contribution is 6.32. The van der Waals surface area contributed by atoms with Crippen molar-refractivity contribution in [1.29, 1.82) is 0 Å². The summed E-state index contributed by atoms with van der Waals surface area (Å²) in [5.74, 6) is -0.518. The van der Waals surface area contributed by atoms with E-state index in [1.807, 2.05) is 0 Å². The number of methoxy groups -OCH3 is 2. The minimum atomic E-state index is -1.03. The van der Waals surface area contributed by atoms with E-state index >= 15 is 0 Å². The highest BCUT2D eigenvalue weighted by Gasteiger charge is 2.55. The second-order valence-corrected chi connectivity index (χ2v) is 4.80. The molecule has 0 heterocycles. The Morgan fingerprint density at radius 2 is 1.95 bits per heavy atom. The molecular formula is C13H13ClO5. The van der Waals surface area contributed by atoms with E-state index in [0.717, 1.165) is 0 Å². The van der Waals surface area contributed by atoms with Crippen LogP contribution in [0, 0.1) is 0 Å². The maximum atomic E-state index is 11.4. The standard InChI is InChI=1S/C13H13ClO5/c1-18-10-7(6-15)5-8(14)9(11(10)19-2)13(3-4-13)12(16)17/h5-6H,3-4H2,1-2H3,(H,16,17). The SMILES string of the molecule is COc1c(C=O)cc(Cl)c(C2(C(=O)O)CC2)c1OC. The van der Waals surface area contributed by atoms with Crippen molar-refractivity contribution in [3.8, 4) is 11.5 Å². The average Bonchev–Trinajstić information content (AvgIpc) is 3.18. The van der Waals surface area contributed by atoms with Crippen molar-refractivity contribution < 1.29 is 24.2 Å². The van der Waals surface area contributed by atoms with Crippen LogP contribution < -0.4 is 9.47 Å². The number of aldehydes is 1. The summed E-state index contributed by atoms with van der Waals surface area (Å²) < 4.78 is 10.4. The fourth-order valence-electron chi connectivity index (χ4n) is 2.26. The number of benzene rings is 1. The molecule has 1 aliphatic carbocycles. The van der Waals surface area contributed by atoms with Crippen molar-refractivity contribution in [3.63, 3.8) is 0 Å². The fraction of sp³-hybridized carbons (Fsp3) is 0.385. The molecule has 102 valence electrons. The van der Waals surface area contributed by atoms with Gasteiger partial charge in [-0.3, -0.25) is 9.59 Å². The number of aliphatic carboxylic acids is 1. The maximum absolute atomic E-state index is 11.4. The summed E-state index contributed by atoms with van der Waals surface area (Å²) in [4.78, 5) is 22.4. The molecular weight excluding hydrogens is 272 g/mol. The highest BCUT2D eigenvalue weighted by Crippen LogP contribution is 2.56. The normalized spacial score (nSPS) is 15.7. The third-order valence-corrected chi connectivity index (χ3v) is 3.69. The summed E-state index contributed by atoms with van der Waals surface area (Å²) in [5.41, 5.74) is -0.419. The van der Waals surface area contributed by atoms with E-state index in [9.17, 15) is 14.7 Å². The second-order valence-electron chi connectivity index (χ2n) is 4.39. The molecule has 0 aliphatic heterocycles. The van der Waals surface area contributed by atoms with Gasteiger partial charge in [0.1, 0.15) is 0 Å². The molecule has 2 rings (SSSR count). The van der Waals surface area contributed by atoms with Crippen LogP contribution in [0.4, 0.5) is 0 Å². The lowest BCUT2D eigenvalue weighted by atomic mass is 9.93. The van der Waals surface area contributed by atoms with Gasteiger partial charge in [-0.2, -0.15) is 0 Å². The number of rotatable bonds is 5. The first-order valence-electron chi connectivity index (χ1n) is 5.65. The molecule has 5 nitrogen and oxygen atoms in total. The van der Waals surface area contributed by atoms with Gasteiger partial charge in [0.05, 0.1) is 25.2 Å². The minimum absolute atomic E-state index is 0.208. The van der Waals surface area contributed by atoms with E-state index in [4.69, 9.17) is 21.1 Å². The van der Waals surface area contributed by atoms with E-state index in [1.54, 1.807) is 0 Å². The molecule has 0 bridgehead atoms. The van der Waals surface area contributed by atoms with Crippen LogP contribution in [0.25, 0.3) is 0 Å². The minimum Gasteiger partial charge on any atom is -0.492 e. The Morgan fingerprint density at radius 1 is 1.37 bits per heavy atom. The first-order chi connectivity index (χ1) is 9.01. The smallest absolute Gasteiger partial charge is 0.314 e. The van der Waals surface area contributed by atoms with Crippen molar-refractivity contribution in [2.45, 2.75) is 18.3 Å². The zero-order valence-corrected chi connectivity index (χ0v) is 11.3. The first-order valence-corrected chi connectivity index (χ1v) is 6.03. The van der Waals surface area contributed by atoms with Crippen LogP contribution >= 0.6 is 11.6 Å². The largest absolute Gasteiger partial charge is 0.492 e. The van der Waals surface area contributed by atoms with Gasteiger partial charge in [0.2, 0.25) is 0 Å². The quantitative estimate of drug-likeness (QED) is 0.840. The molecule has 1 saturated carbocycles. The molecule has 0 amide bonds. The molecule has 6 heteroatoms. The van der Waals surface area contributed by atoms with Crippen molar-refractivity contribution >= 4 is 23.9 Å². The summed E-state index contributed by atoms with van der Waals surface area (Å²) in [6.07, 6.45) is 1.57. The van der Waals surface area contributed by atoms with Crippen LogP contribution in [0.15, 0.2) is 6.07 Å². The van der Waals surface area contributed by atoms with E-state index < -0.39 is 11.4 Å². The van der Waals surface area contributed by atoms with Crippen LogP contribution in [0.2, 0.25) is 5.02 Å². The van der Waals surface area contributed by atoms with Crippen LogP contribution in [-0.2, 0) is 10.2 Å². The summed E-state index contributed by atoms with van der Waals surface area (Å²) in [7, 11) is 2.78. The van der Waals surface area contributed by atoms with Crippen molar-refractivity contribution in [2.24, 2.45) is 0 Å². The van der Waals surface area contributed by atoms with Gasteiger partial charge in [-0.05, 0) is 18.9 Å². The number of halogens is 1. The Kier molecular flexibility index (Phi) is 3.41. The zero-order chi connectivity index (χ0) is 14.2. The number of carbonyl (C=O) groups excluding carboxylic acids is 1. The highest BCUT2D eigenvalue weighted by atomic mass is 35.5. The summed E-state index contributed by atoms with van der Waals surface area (Å²) in [6.45, 7) is 0. The number of hydrogen-bond acceptors (Lipinski definition) is 4. The number of hydrogen-bond donors (Lipinski definition) is 1. The molecule has 0 radical (unpaired) electrons. The van der Waals surface area contributed by atoms with Gasteiger partial charge in [-0.25, -0.2) is 0 Å². The molecule has 1 fully saturated rings. The maximum Gasteiger partial charge on any atom is 0.314 e. The Hall–Kier alpha value is -1.75. The van der Waals surface area contributed by atoms with Crippen LogP contribution in [0.3, 0.4) is 0 Å². The molecule has 1 aromatic rings. The molecule has 1 N–H and O–H groups in total. The molecule has 19 heavy (non-hydrogen) atoms. The number of carboxylic acid groups (broad SMARTS) is 1. The molecule has 1 aromatic carbocycles. The third kappa shape index (κ3) is 1.94. The van der Waals surface area contributed by atoms with Crippen molar-refractivity contribution in [2.75, 3.05) is 14.2 Å². The number of ether oxygens (including phenoxy) is 2. The molecule has 0 unspecified atom stereocenters. The van der Waals surface area contributed by atoms with E-state index in [0.29, 0.717) is 24.7 Å². The lowest BCUT2D eigenvalue weighted by Gasteiger charge is -2.20. The third-order valence-electron chi connectivity index (χ3n) is 3.39. The lowest BCUT2D eigenvalue weighted by molar-refractivity contribution is -0.140. The summed E-state index contributed by atoms with van der Waals surface area (Å²) in [5, 5.41) is 9.58. The molecule has 0 atom stereocenters. The van der Waals surface area contributed by atoms with Gasteiger partial charge in [0, 0.05) is 10.6 Å². The number of carboxylic acids is 1. The topological polar surface area (TPSA) is 72.8 Å². The summed E-state index contributed by atoms with van der Waals surface area (Å²) in [6, 6.07) is 1.41. The monoisotopic (exact) mass is 284 g/mol. The van der Waals surface area contributed by atoms with Crippen molar-refractivity contribution in [3.05, 3.63) is 22.2 Å². The van der Waals surface area contributed by atoms with Gasteiger partial charge in [0.15, 0.2) is 17.8 Å². The van der Waals surface area contributed by atoms with Gasteiger partial charge in [-0.15, -0.1) is 0 Å². The van der Waals surface area contributed by atoms with Crippen LogP contribution in [0.1, 0.15) is 28.8 Å². The Labute approximate surface area is 115 Å². The molecule has 0 spiro atoms. The van der Waals surface area contributed by atoms with Crippen LogP contribution in [0.5, 0.6) is 11.5 Å². The van der Waals surface area contributed by atoms with Crippen molar-refractivity contribution in [1.82, 2.24) is 0 Å². The second kappa shape index (κ2) is 4.74. The summed E-state index contributed by atoms with van der Waals surface area (Å²) >= 11 is 6.13. The van der Waals surface area contributed by atoms with Gasteiger partial charge < -0.3 is 14.6 Å². The Morgan fingerprint density at radius 3 is 2.32 bits per heavy atom. The van der Waals surface area contributed by atoms with Crippen LogP contribution in [-0.4, -0.2) is 31.6 Å². The first kappa shape index (κ1) is 13.7. The van der Waals surface area contributed by atoms with Gasteiger partial charge in [0.25, 0.3) is 0 Å². The molecule has 0 saturated heterocycles. The average molecular weight is 285 g/mol. The van der Waals surface area contributed by atoms with Gasteiger partial charge in [-0.1, -0.05) is 11.6 Å². The fourth-order valence-corrected chi connectivity index (χ4v) is 2.65. The van der Waals surface area contributed by atoms with E-state index in [1.165, 1.54) is 20.3 Å². The zero-order valence-electron chi connectivity index (χ0n) is 10.5. The molecule has 0 aromatic heterocycles. The van der Waals surface area contributed by atoms with E-state index in [-0.39, 0.29) is 22.1 Å². The lowest BCUT2D eigenvalue weighted by Crippen LogP contribution is -2.21.